The minimum atomic E-state index is -3.66. The van der Waals surface area contributed by atoms with Crippen LogP contribution in [0.25, 0.3) is 11.1 Å². The highest BCUT2D eigenvalue weighted by Crippen LogP contribution is 2.26. The lowest BCUT2D eigenvalue weighted by Gasteiger charge is -2.31. The van der Waals surface area contributed by atoms with Crippen LogP contribution in [0.2, 0.25) is 0 Å². The summed E-state index contributed by atoms with van der Waals surface area (Å²) in [4.78, 5) is 21.8. The lowest BCUT2D eigenvalue weighted by atomic mass is 10.1. The van der Waals surface area contributed by atoms with E-state index in [2.05, 4.69) is 24.9 Å². The van der Waals surface area contributed by atoms with Crippen molar-refractivity contribution in [2.75, 3.05) is 43.3 Å². The second-order valence-corrected chi connectivity index (χ2v) is 8.45. The summed E-state index contributed by atoms with van der Waals surface area (Å²) < 4.78 is 29.6. The largest absolute Gasteiger partial charge is 0.311 e. The van der Waals surface area contributed by atoms with Crippen molar-refractivity contribution >= 4 is 27.6 Å². The van der Waals surface area contributed by atoms with E-state index >= 15 is 0 Å². The molecule has 3 heterocycles. The standard InChI is InChI=1S/C18H24N6O3S/c1-13-17(22-28(26,27)24-8-6-23(3)7-9-24)10-16(12-20-13)15-4-5-19-18(11-15)21-14(2)25/h4-5,10-12,22H,6-9H2,1-3H3,(H,19,21,25). The summed E-state index contributed by atoms with van der Waals surface area (Å²) >= 11 is 0. The Morgan fingerprint density at radius 3 is 2.50 bits per heavy atom. The predicted molar refractivity (Wildman–Crippen MR) is 108 cm³/mol. The first kappa shape index (κ1) is 20.2. The fraction of sp³-hybridized carbons (Fsp3) is 0.389. The van der Waals surface area contributed by atoms with Crippen molar-refractivity contribution in [2.24, 2.45) is 0 Å². The maximum atomic E-state index is 12.7. The van der Waals surface area contributed by atoms with Gasteiger partial charge in [0.1, 0.15) is 5.82 Å². The van der Waals surface area contributed by atoms with Crippen molar-refractivity contribution in [3.05, 3.63) is 36.3 Å². The van der Waals surface area contributed by atoms with Gasteiger partial charge in [-0.1, -0.05) is 0 Å². The van der Waals surface area contributed by atoms with Crippen molar-refractivity contribution in [1.82, 2.24) is 19.2 Å². The lowest BCUT2D eigenvalue weighted by Crippen LogP contribution is -2.48. The van der Waals surface area contributed by atoms with E-state index in [-0.39, 0.29) is 5.91 Å². The Balaban J connectivity index is 1.85. The Morgan fingerprint density at radius 2 is 1.82 bits per heavy atom. The maximum absolute atomic E-state index is 12.7. The normalized spacial score (nSPS) is 16.0. The summed E-state index contributed by atoms with van der Waals surface area (Å²) in [5.41, 5.74) is 2.49. The third-order valence-corrected chi connectivity index (χ3v) is 6.05. The summed E-state index contributed by atoms with van der Waals surface area (Å²) in [5, 5.41) is 2.63. The molecule has 0 spiro atoms. The Labute approximate surface area is 165 Å². The number of likely N-dealkylation sites (N-methyl/N-ethyl adjacent to an activating group) is 1. The van der Waals surface area contributed by atoms with E-state index in [1.165, 1.54) is 11.2 Å². The zero-order chi connectivity index (χ0) is 20.3. The first-order chi connectivity index (χ1) is 13.2. The predicted octanol–water partition coefficient (Wildman–Crippen LogP) is 1.31. The number of aryl methyl sites for hydroxylation is 1. The first-order valence-electron chi connectivity index (χ1n) is 8.92. The molecule has 0 saturated carbocycles. The number of piperazine rings is 1. The Bertz CT molecular complexity index is 971. The van der Waals surface area contributed by atoms with Crippen LogP contribution in [-0.2, 0) is 15.0 Å². The lowest BCUT2D eigenvalue weighted by molar-refractivity contribution is -0.114. The Kier molecular flexibility index (Phi) is 5.92. The number of amides is 1. The average Bonchev–Trinajstić information content (AvgIpc) is 2.63. The van der Waals surface area contributed by atoms with Gasteiger partial charge in [-0.3, -0.25) is 14.5 Å². The van der Waals surface area contributed by atoms with Gasteiger partial charge in [0.2, 0.25) is 5.91 Å². The molecule has 28 heavy (non-hydrogen) atoms. The maximum Gasteiger partial charge on any atom is 0.301 e. The van der Waals surface area contributed by atoms with Crippen LogP contribution < -0.4 is 10.0 Å². The van der Waals surface area contributed by atoms with Gasteiger partial charge in [0.15, 0.2) is 0 Å². The van der Waals surface area contributed by atoms with Gasteiger partial charge < -0.3 is 10.2 Å². The molecule has 9 nitrogen and oxygen atoms in total. The van der Waals surface area contributed by atoms with Crippen molar-refractivity contribution in [1.29, 1.82) is 0 Å². The number of nitrogens with one attached hydrogen (secondary N) is 2. The smallest absolute Gasteiger partial charge is 0.301 e. The molecule has 150 valence electrons. The van der Waals surface area contributed by atoms with E-state index in [9.17, 15) is 13.2 Å². The second-order valence-electron chi connectivity index (χ2n) is 6.78. The molecule has 0 aliphatic carbocycles. The first-order valence-corrected chi connectivity index (χ1v) is 10.4. The summed E-state index contributed by atoms with van der Waals surface area (Å²) in [6.07, 6.45) is 3.24. The van der Waals surface area contributed by atoms with Crippen LogP contribution in [0.4, 0.5) is 11.5 Å². The molecule has 1 aliphatic heterocycles. The van der Waals surface area contributed by atoms with E-state index in [4.69, 9.17) is 0 Å². The van der Waals surface area contributed by atoms with E-state index in [0.717, 1.165) is 11.1 Å². The van der Waals surface area contributed by atoms with Crippen LogP contribution in [-0.4, -0.2) is 66.7 Å². The van der Waals surface area contributed by atoms with Crippen LogP contribution in [0.5, 0.6) is 0 Å². The van der Waals surface area contributed by atoms with Gasteiger partial charge in [-0.2, -0.15) is 12.7 Å². The number of anilines is 2. The van der Waals surface area contributed by atoms with Crippen molar-refractivity contribution in [2.45, 2.75) is 13.8 Å². The number of pyridine rings is 2. The van der Waals surface area contributed by atoms with Crippen molar-refractivity contribution < 1.29 is 13.2 Å². The molecule has 2 N–H and O–H groups in total. The van der Waals surface area contributed by atoms with Crippen LogP contribution in [0, 0.1) is 6.92 Å². The molecule has 2 aromatic rings. The van der Waals surface area contributed by atoms with Gasteiger partial charge in [0, 0.05) is 51.1 Å². The summed E-state index contributed by atoms with van der Waals surface area (Å²) in [7, 11) is -1.69. The third kappa shape index (κ3) is 4.83. The molecule has 0 bridgehead atoms. The molecule has 0 aromatic carbocycles. The highest BCUT2D eigenvalue weighted by atomic mass is 32.2. The molecule has 0 unspecified atom stereocenters. The van der Waals surface area contributed by atoms with Crippen molar-refractivity contribution in [3.63, 3.8) is 0 Å². The van der Waals surface area contributed by atoms with E-state index < -0.39 is 10.2 Å². The Hall–Kier alpha value is -2.56. The van der Waals surface area contributed by atoms with Crippen LogP contribution >= 0.6 is 0 Å². The minimum absolute atomic E-state index is 0.215. The molecule has 3 rings (SSSR count). The fourth-order valence-electron chi connectivity index (χ4n) is 2.89. The second kappa shape index (κ2) is 8.21. The molecule has 1 fully saturated rings. The molecular formula is C18H24N6O3S. The van der Waals surface area contributed by atoms with Crippen LogP contribution in [0.1, 0.15) is 12.6 Å². The number of rotatable bonds is 5. The number of aromatic nitrogens is 2. The van der Waals surface area contributed by atoms with Gasteiger partial charge in [-0.05, 0) is 37.7 Å². The number of hydrogen-bond donors (Lipinski definition) is 2. The number of carbonyl (C=O) groups is 1. The van der Waals surface area contributed by atoms with E-state index in [0.29, 0.717) is 43.4 Å². The Morgan fingerprint density at radius 1 is 1.11 bits per heavy atom. The molecule has 10 heteroatoms. The molecular weight excluding hydrogens is 380 g/mol. The minimum Gasteiger partial charge on any atom is -0.311 e. The zero-order valence-electron chi connectivity index (χ0n) is 16.1. The average molecular weight is 404 g/mol. The summed E-state index contributed by atoms with van der Waals surface area (Å²) in [5.74, 6) is 0.206. The number of hydrogen-bond acceptors (Lipinski definition) is 6. The van der Waals surface area contributed by atoms with E-state index in [1.54, 1.807) is 37.5 Å². The highest BCUT2D eigenvalue weighted by Gasteiger charge is 2.26. The topological polar surface area (TPSA) is 108 Å². The number of nitrogens with zero attached hydrogens (tertiary/aromatic N) is 4. The molecule has 2 aromatic heterocycles. The fourth-order valence-corrected chi connectivity index (χ4v) is 4.14. The summed E-state index contributed by atoms with van der Waals surface area (Å²) in [6.45, 7) is 5.45. The molecule has 0 atom stereocenters. The molecule has 0 radical (unpaired) electrons. The monoisotopic (exact) mass is 404 g/mol. The van der Waals surface area contributed by atoms with Crippen LogP contribution in [0.15, 0.2) is 30.6 Å². The number of carbonyl (C=O) groups excluding carboxylic acids is 1. The van der Waals surface area contributed by atoms with E-state index in [1.807, 2.05) is 7.05 Å². The summed E-state index contributed by atoms with van der Waals surface area (Å²) in [6, 6.07) is 5.23. The quantitative estimate of drug-likeness (QED) is 0.778. The van der Waals surface area contributed by atoms with Crippen molar-refractivity contribution in [3.8, 4) is 11.1 Å². The van der Waals surface area contributed by atoms with Gasteiger partial charge in [0.25, 0.3) is 0 Å². The zero-order valence-corrected chi connectivity index (χ0v) is 17.0. The molecule has 1 amide bonds. The molecule has 1 saturated heterocycles. The third-order valence-electron chi connectivity index (χ3n) is 4.53. The SMILES string of the molecule is CC(=O)Nc1cc(-c2cnc(C)c(NS(=O)(=O)N3CCN(C)CC3)c2)ccn1. The van der Waals surface area contributed by atoms with Crippen LogP contribution in [0.3, 0.4) is 0 Å². The van der Waals surface area contributed by atoms with Gasteiger partial charge in [-0.25, -0.2) is 4.98 Å². The molecule has 1 aliphatic rings. The van der Waals surface area contributed by atoms with Gasteiger partial charge in [0.05, 0.1) is 11.4 Å². The van der Waals surface area contributed by atoms with Gasteiger partial charge in [-0.15, -0.1) is 0 Å². The van der Waals surface area contributed by atoms with Gasteiger partial charge >= 0.3 is 10.2 Å². The highest BCUT2D eigenvalue weighted by molar-refractivity contribution is 7.90.